The first kappa shape index (κ1) is 17.4. The molecule has 0 atom stereocenters. The summed E-state index contributed by atoms with van der Waals surface area (Å²) in [4.78, 5) is 0. The lowest BCUT2D eigenvalue weighted by Crippen LogP contribution is -1.87. The lowest BCUT2D eigenvalue weighted by molar-refractivity contribution is 0.504. The maximum absolute atomic E-state index is 4.23. The van der Waals surface area contributed by atoms with Gasteiger partial charge in [-0.2, -0.15) is 12.6 Å². The second-order valence-electron chi connectivity index (χ2n) is 5.80. The van der Waals surface area contributed by atoms with E-state index in [0.29, 0.717) is 0 Å². The predicted octanol–water partition coefficient (Wildman–Crippen LogP) is 6.25. The maximum atomic E-state index is 4.23. The van der Waals surface area contributed by atoms with Gasteiger partial charge in [0.2, 0.25) is 0 Å². The summed E-state index contributed by atoms with van der Waals surface area (Å²) in [5, 5.41) is 0. The Hall–Kier alpha value is 0.350. The van der Waals surface area contributed by atoms with Crippen LogP contribution in [-0.2, 0) is 0 Å². The highest BCUT2D eigenvalue weighted by molar-refractivity contribution is 7.80. The van der Waals surface area contributed by atoms with Gasteiger partial charge >= 0.3 is 0 Å². The summed E-state index contributed by atoms with van der Waals surface area (Å²) in [5.41, 5.74) is 0. The van der Waals surface area contributed by atoms with E-state index in [-0.39, 0.29) is 0 Å². The average molecular weight is 259 g/mol. The van der Waals surface area contributed by atoms with Gasteiger partial charge in [0.15, 0.2) is 0 Å². The van der Waals surface area contributed by atoms with Crippen LogP contribution >= 0.6 is 12.6 Å². The SMILES string of the molecule is CC(C)CCCCCCCCCCCCCS. The average Bonchev–Trinajstić information content (AvgIpc) is 2.30. The van der Waals surface area contributed by atoms with Crippen molar-refractivity contribution in [1.29, 1.82) is 0 Å². The molecule has 0 fully saturated rings. The van der Waals surface area contributed by atoms with Gasteiger partial charge in [0.05, 0.1) is 0 Å². The van der Waals surface area contributed by atoms with Crippen molar-refractivity contribution >= 4 is 12.6 Å². The van der Waals surface area contributed by atoms with Crippen molar-refractivity contribution in [1.82, 2.24) is 0 Å². The van der Waals surface area contributed by atoms with Crippen LogP contribution in [0, 0.1) is 5.92 Å². The fourth-order valence-electron chi connectivity index (χ4n) is 2.26. The molecule has 0 spiro atoms. The Balaban J connectivity index is 2.89. The Morgan fingerprint density at radius 2 is 0.941 bits per heavy atom. The highest BCUT2D eigenvalue weighted by Gasteiger charge is 1.95. The second kappa shape index (κ2) is 14.4. The van der Waals surface area contributed by atoms with Crippen LogP contribution in [0.1, 0.15) is 90.9 Å². The Morgan fingerprint density at radius 3 is 1.29 bits per heavy atom. The lowest BCUT2D eigenvalue weighted by atomic mass is 10.0. The minimum Gasteiger partial charge on any atom is -0.179 e. The van der Waals surface area contributed by atoms with E-state index in [1.807, 2.05) is 0 Å². The largest absolute Gasteiger partial charge is 0.179 e. The van der Waals surface area contributed by atoms with Crippen molar-refractivity contribution in [2.45, 2.75) is 90.9 Å². The quantitative estimate of drug-likeness (QED) is 0.293. The van der Waals surface area contributed by atoms with Gasteiger partial charge in [-0.05, 0) is 18.1 Å². The first-order chi connectivity index (χ1) is 8.27. The molecule has 1 heteroatoms. The summed E-state index contributed by atoms with van der Waals surface area (Å²) in [6.07, 6.45) is 17.2. The maximum Gasteiger partial charge on any atom is -0.00979 e. The highest BCUT2D eigenvalue weighted by atomic mass is 32.1. The molecular weight excluding hydrogens is 224 g/mol. The number of hydrogen-bond donors (Lipinski definition) is 1. The summed E-state index contributed by atoms with van der Waals surface area (Å²) in [6, 6.07) is 0. The van der Waals surface area contributed by atoms with E-state index in [1.165, 1.54) is 77.0 Å². The van der Waals surface area contributed by atoms with Crippen LogP contribution in [0.3, 0.4) is 0 Å². The zero-order valence-corrected chi connectivity index (χ0v) is 13.1. The number of hydrogen-bond acceptors (Lipinski definition) is 1. The fraction of sp³-hybridized carbons (Fsp3) is 1.00. The first-order valence-corrected chi connectivity index (χ1v) is 8.51. The van der Waals surface area contributed by atoms with Crippen LogP contribution in [0.5, 0.6) is 0 Å². The van der Waals surface area contributed by atoms with Gasteiger partial charge in [0, 0.05) is 0 Å². The molecule has 0 unspecified atom stereocenters. The second-order valence-corrected chi connectivity index (χ2v) is 6.24. The molecule has 0 rings (SSSR count). The van der Waals surface area contributed by atoms with Crippen molar-refractivity contribution in [3.8, 4) is 0 Å². The molecule has 0 amide bonds. The molecule has 0 aliphatic carbocycles. The van der Waals surface area contributed by atoms with Crippen LogP contribution in [0.2, 0.25) is 0 Å². The fourth-order valence-corrected chi connectivity index (χ4v) is 2.48. The first-order valence-electron chi connectivity index (χ1n) is 7.88. The minimum atomic E-state index is 0.896. The summed E-state index contributed by atoms with van der Waals surface area (Å²) in [6.45, 7) is 4.65. The number of thiol groups is 1. The van der Waals surface area contributed by atoms with E-state index < -0.39 is 0 Å². The van der Waals surface area contributed by atoms with E-state index in [4.69, 9.17) is 0 Å². The molecule has 17 heavy (non-hydrogen) atoms. The van der Waals surface area contributed by atoms with E-state index in [2.05, 4.69) is 26.5 Å². The molecule has 0 N–H and O–H groups in total. The summed E-state index contributed by atoms with van der Waals surface area (Å²) >= 11 is 4.23. The van der Waals surface area contributed by atoms with Crippen molar-refractivity contribution in [3.63, 3.8) is 0 Å². The van der Waals surface area contributed by atoms with Crippen LogP contribution < -0.4 is 0 Å². The standard InChI is InChI=1S/C16H34S/c1-16(2)14-12-10-8-6-4-3-5-7-9-11-13-15-17/h16-17H,3-15H2,1-2H3. The third kappa shape index (κ3) is 16.4. The van der Waals surface area contributed by atoms with Gasteiger partial charge in [0.1, 0.15) is 0 Å². The van der Waals surface area contributed by atoms with Gasteiger partial charge in [-0.3, -0.25) is 0 Å². The van der Waals surface area contributed by atoms with Crippen molar-refractivity contribution in [3.05, 3.63) is 0 Å². The van der Waals surface area contributed by atoms with Gasteiger partial charge < -0.3 is 0 Å². The van der Waals surface area contributed by atoms with Gasteiger partial charge in [-0.15, -0.1) is 0 Å². The molecule has 0 aromatic rings. The van der Waals surface area contributed by atoms with E-state index in [9.17, 15) is 0 Å². The third-order valence-corrected chi connectivity index (χ3v) is 3.76. The Kier molecular flexibility index (Phi) is 14.7. The molecule has 0 radical (unpaired) electrons. The zero-order valence-electron chi connectivity index (χ0n) is 12.2. The molecule has 0 aromatic heterocycles. The lowest BCUT2D eigenvalue weighted by Gasteiger charge is -2.04. The molecule has 0 aliphatic heterocycles. The monoisotopic (exact) mass is 258 g/mol. The smallest absolute Gasteiger partial charge is 0.00979 e. The predicted molar refractivity (Wildman–Crippen MR) is 84.1 cm³/mol. The summed E-state index contributed by atoms with van der Waals surface area (Å²) < 4.78 is 0. The van der Waals surface area contributed by atoms with E-state index >= 15 is 0 Å². The Labute approximate surface area is 115 Å². The van der Waals surface area contributed by atoms with Crippen molar-refractivity contribution < 1.29 is 0 Å². The van der Waals surface area contributed by atoms with E-state index in [0.717, 1.165) is 11.7 Å². The molecule has 0 nitrogen and oxygen atoms in total. The van der Waals surface area contributed by atoms with Crippen LogP contribution in [0.15, 0.2) is 0 Å². The van der Waals surface area contributed by atoms with Gasteiger partial charge in [-0.25, -0.2) is 0 Å². The molecule has 0 saturated carbocycles. The summed E-state index contributed by atoms with van der Waals surface area (Å²) in [5.74, 6) is 1.96. The molecule has 0 bridgehead atoms. The molecule has 104 valence electrons. The van der Waals surface area contributed by atoms with Crippen molar-refractivity contribution in [2.24, 2.45) is 5.92 Å². The molecule has 0 heterocycles. The Bertz CT molecular complexity index is 131. The number of rotatable bonds is 13. The van der Waals surface area contributed by atoms with Crippen LogP contribution in [-0.4, -0.2) is 5.75 Å². The summed E-state index contributed by atoms with van der Waals surface area (Å²) in [7, 11) is 0. The van der Waals surface area contributed by atoms with Crippen LogP contribution in [0.25, 0.3) is 0 Å². The molecule has 0 aromatic carbocycles. The molecular formula is C16H34S. The third-order valence-electron chi connectivity index (χ3n) is 3.44. The molecule has 0 aliphatic rings. The Morgan fingerprint density at radius 1 is 0.588 bits per heavy atom. The van der Waals surface area contributed by atoms with Gasteiger partial charge in [0.25, 0.3) is 0 Å². The van der Waals surface area contributed by atoms with Crippen LogP contribution in [0.4, 0.5) is 0 Å². The normalized spacial score (nSPS) is 11.3. The number of unbranched alkanes of at least 4 members (excludes halogenated alkanes) is 10. The highest BCUT2D eigenvalue weighted by Crippen LogP contribution is 2.13. The molecule has 0 saturated heterocycles. The van der Waals surface area contributed by atoms with Crippen molar-refractivity contribution in [2.75, 3.05) is 5.75 Å². The zero-order chi connectivity index (χ0) is 12.8. The minimum absolute atomic E-state index is 0.896. The van der Waals surface area contributed by atoms with Gasteiger partial charge in [-0.1, -0.05) is 84.5 Å². The van der Waals surface area contributed by atoms with E-state index in [1.54, 1.807) is 0 Å². The topological polar surface area (TPSA) is 0 Å².